The van der Waals surface area contributed by atoms with Gasteiger partial charge in [0.2, 0.25) is 0 Å². The number of aromatic nitrogens is 2. The van der Waals surface area contributed by atoms with Gasteiger partial charge in [0.1, 0.15) is 12.1 Å². The third-order valence-electron chi connectivity index (χ3n) is 4.44. The Bertz CT molecular complexity index is 527. The first kappa shape index (κ1) is 16.1. The molecule has 2 fully saturated rings. The molecule has 126 valence electrons. The Balaban J connectivity index is 1.61. The van der Waals surface area contributed by atoms with Gasteiger partial charge in [-0.05, 0) is 26.0 Å². The SMILES string of the molecule is CCN(CC1CN(C2CC(C)OC2=O)CCO1)c1cccnn1. The van der Waals surface area contributed by atoms with E-state index in [1.54, 1.807) is 6.20 Å². The minimum Gasteiger partial charge on any atom is -0.461 e. The second-order valence-corrected chi connectivity index (χ2v) is 6.11. The van der Waals surface area contributed by atoms with Gasteiger partial charge in [0.25, 0.3) is 0 Å². The van der Waals surface area contributed by atoms with E-state index < -0.39 is 0 Å². The lowest BCUT2D eigenvalue weighted by atomic mass is 10.1. The number of likely N-dealkylation sites (N-methyl/N-ethyl adjacent to an activating group) is 1. The van der Waals surface area contributed by atoms with Gasteiger partial charge in [-0.25, -0.2) is 0 Å². The van der Waals surface area contributed by atoms with E-state index >= 15 is 0 Å². The van der Waals surface area contributed by atoms with Gasteiger partial charge in [0.05, 0.1) is 12.7 Å². The number of cyclic esters (lactones) is 1. The molecule has 3 atom stereocenters. The van der Waals surface area contributed by atoms with Crippen molar-refractivity contribution in [3.8, 4) is 0 Å². The van der Waals surface area contributed by atoms with Crippen LogP contribution in [0.1, 0.15) is 20.3 Å². The smallest absolute Gasteiger partial charge is 0.323 e. The molecule has 7 nitrogen and oxygen atoms in total. The van der Waals surface area contributed by atoms with Crippen LogP contribution in [-0.2, 0) is 14.3 Å². The van der Waals surface area contributed by atoms with Crippen molar-refractivity contribution in [1.29, 1.82) is 0 Å². The molecular formula is C16H24N4O3. The Hall–Kier alpha value is -1.73. The second-order valence-electron chi connectivity index (χ2n) is 6.11. The molecule has 3 heterocycles. The number of carbonyl (C=O) groups excluding carboxylic acids is 1. The van der Waals surface area contributed by atoms with E-state index in [0.717, 1.165) is 38.4 Å². The highest BCUT2D eigenvalue weighted by Gasteiger charge is 2.38. The zero-order valence-electron chi connectivity index (χ0n) is 13.7. The van der Waals surface area contributed by atoms with Crippen molar-refractivity contribution in [2.75, 3.05) is 37.7 Å². The monoisotopic (exact) mass is 320 g/mol. The molecule has 3 unspecified atom stereocenters. The van der Waals surface area contributed by atoms with Gasteiger partial charge >= 0.3 is 5.97 Å². The standard InChI is InChI=1S/C16H24N4O3/c1-3-19(15-5-4-6-17-18-15)10-13-11-20(7-8-22-13)14-9-12(2)23-16(14)21/h4-6,12-14H,3,7-11H2,1-2H3. The van der Waals surface area contributed by atoms with E-state index in [9.17, 15) is 4.79 Å². The average molecular weight is 320 g/mol. The molecule has 1 aromatic heterocycles. The highest BCUT2D eigenvalue weighted by molar-refractivity contribution is 5.78. The molecule has 0 amide bonds. The number of ether oxygens (including phenoxy) is 2. The molecule has 0 saturated carbocycles. The van der Waals surface area contributed by atoms with Crippen LogP contribution in [-0.4, -0.2) is 72.1 Å². The summed E-state index contributed by atoms with van der Waals surface area (Å²) in [6.07, 6.45) is 2.51. The summed E-state index contributed by atoms with van der Waals surface area (Å²) in [5.74, 6) is 0.754. The van der Waals surface area contributed by atoms with Crippen molar-refractivity contribution < 1.29 is 14.3 Å². The van der Waals surface area contributed by atoms with E-state index in [2.05, 4.69) is 26.9 Å². The van der Waals surface area contributed by atoms with Gasteiger partial charge in [-0.15, -0.1) is 5.10 Å². The molecule has 0 bridgehead atoms. The molecule has 2 aliphatic heterocycles. The highest BCUT2D eigenvalue weighted by Crippen LogP contribution is 2.22. The molecule has 3 rings (SSSR count). The minimum absolute atomic E-state index is 0.0144. The number of carbonyl (C=O) groups is 1. The first-order chi connectivity index (χ1) is 11.2. The van der Waals surface area contributed by atoms with Crippen LogP contribution in [0.5, 0.6) is 0 Å². The first-order valence-corrected chi connectivity index (χ1v) is 8.26. The molecule has 23 heavy (non-hydrogen) atoms. The number of rotatable bonds is 5. The topological polar surface area (TPSA) is 67.8 Å². The van der Waals surface area contributed by atoms with Crippen LogP contribution in [0.2, 0.25) is 0 Å². The van der Waals surface area contributed by atoms with Crippen molar-refractivity contribution >= 4 is 11.8 Å². The fraction of sp³-hybridized carbons (Fsp3) is 0.688. The maximum absolute atomic E-state index is 12.0. The Morgan fingerprint density at radius 1 is 1.48 bits per heavy atom. The normalized spacial score (nSPS) is 28.6. The zero-order valence-corrected chi connectivity index (χ0v) is 13.7. The molecule has 0 N–H and O–H groups in total. The third kappa shape index (κ3) is 3.79. The molecular weight excluding hydrogens is 296 g/mol. The van der Waals surface area contributed by atoms with Crippen LogP contribution >= 0.6 is 0 Å². The number of hydrogen-bond acceptors (Lipinski definition) is 7. The van der Waals surface area contributed by atoms with Crippen molar-refractivity contribution in [3.05, 3.63) is 18.3 Å². The highest BCUT2D eigenvalue weighted by atomic mass is 16.6. The second kappa shape index (κ2) is 7.23. The summed E-state index contributed by atoms with van der Waals surface area (Å²) >= 11 is 0. The van der Waals surface area contributed by atoms with Crippen molar-refractivity contribution in [1.82, 2.24) is 15.1 Å². The van der Waals surface area contributed by atoms with E-state index in [1.165, 1.54) is 0 Å². The van der Waals surface area contributed by atoms with Gasteiger partial charge in [0.15, 0.2) is 5.82 Å². The van der Waals surface area contributed by atoms with Crippen LogP contribution in [0.3, 0.4) is 0 Å². The average Bonchev–Trinajstić information content (AvgIpc) is 2.92. The van der Waals surface area contributed by atoms with E-state index in [0.29, 0.717) is 6.61 Å². The summed E-state index contributed by atoms with van der Waals surface area (Å²) in [6, 6.07) is 3.71. The lowest BCUT2D eigenvalue weighted by Crippen LogP contribution is -2.52. The Kier molecular flexibility index (Phi) is 5.07. The Morgan fingerprint density at radius 2 is 2.35 bits per heavy atom. The van der Waals surface area contributed by atoms with Crippen LogP contribution in [0.15, 0.2) is 18.3 Å². The third-order valence-corrected chi connectivity index (χ3v) is 4.44. The Labute approximate surface area is 136 Å². The molecule has 0 spiro atoms. The fourth-order valence-electron chi connectivity index (χ4n) is 3.26. The first-order valence-electron chi connectivity index (χ1n) is 8.26. The lowest BCUT2D eigenvalue weighted by molar-refractivity contribution is -0.146. The fourth-order valence-corrected chi connectivity index (χ4v) is 3.26. The summed E-state index contributed by atoms with van der Waals surface area (Å²) in [5, 5.41) is 8.11. The maximum Gasteiger partial charge on any atom is 0.323 e. The van der Waals surface area contributed by atoms with Crippen molar-refractivity contribution in [2.24, 2.45) is 0 Å². The van der Waals surface area contributed by atoms with Gasteiger partial charge < -0.3 is 14.4 Å². The molecule has 2 aliphatic rings. The molecule has 0 aromatic carbocycles. The predicted molar refractivity (Wildman–Crippen MR) is 85.2 cm³/mol. The molecule has 0 radical (unpaired) electrons. The zero-order chi connectivity index (χ0) is 16.2. The van der Waals surface area contributed by atoms with Crippen molar-refractivity contribution in [2.45, 2.75) is 38.5 Å². The van der Waals surface area contributed by atoms with Gasteiger partial charge in [-0.1, -0.05) is 0 Å². The lowest BCUT2D eigenvalue weighted by Gasteiger charge is -2.37. The summed E-state index contributed by atoms with van der Waals surface area (Å²) in [4.78, 5) is 16.3. The van der Waals surface area contributed by atoms with Gasteiger partial charge in [-0.2, -0.15) is 5.10 Å². The van der Waals surface area contributed by atoms with Crippen LogP contribution in [0.25, 0.3) is 0 Å². The van der Waals surface area contributed by atoms with Crippen molar-refractivity contribution in [3.63, 3.8) is 0 Å². The number of esters is 1. The van der Waals surface area contributed by atoms with E-state index in [1.807, 2.05) is 19.1 Å². The maximum atomic E-state index is 12.0. The molecule has 0 aliphatic carbocycles. The molecule has 2 saturated heterocycles. The van der Waals surface area contributed by atoms with E-state index in [-0.39, 0.29) is 24.2 Å². The van der Waals surface area contributed by atoms with Gasteiger partial charge in [-0.3, -0.25) is 9.69 Å². The Morgan fingerprint density at radius 3 is 3.00 bits per heavy atom. The largest absolute Gasteiger partial charge is 0.461 e. The van der Waals surface area contributed by atoms with Crippen LogP contribution in [0.4, 0.5) is 5.82 Å². The number of nitrogens with zero attached hydrogens (tertiary/aromatic N) is 4. The summed E-state index contributed by atoms with van der Waals surface area (Å²) < 4.78 is 11.2. The van der Waals surface area contributed by atoms with Crippen LogP contribution in [0, 0.1) is 0 Å². The van der Waals surface area contributed by atoms with Crippen LogP contribution < -0.4 is 4.90 Å². The number of morpholine rings is 1. The van der Waals surface area contributed by atoms with E-state index in [4.69, 9.17) is 9.47 Å². The summed E-state index contributed by atoms with van der Waals surface area (Å²) in [7, 11) is 0. The quantitative estimate of drug-likeness (QED) is 0.740. The molecule has 7 heteroatoms. The predicted octanol–water partition coefficient (Wildman–Crippen LogP) is 0.708. The summed E-state index contributed by atoms with van der Waals surface area (Å²) in [5.41, 5.74) is 0. The summed E-state index contributed by atoms with van der Waals surface area (Å²) in [6.45, 7) is 7.77. The molecule has 1 aromatic rings. The van der Waals surface area contributed by atoms with Gasteiger partial charge in [0, 0.05) is 38.8 Å². The number of hydrogen-bond donors (Lipinski definition) is 0. The minimum atomic E-state index is -0.122. The number of anilines is 1.